The molecule has 0 bridgehead atoms. The predicted octanol–water partition coefficient (Wildman–Crippen LogP) is 5.75. The molecular formula is C16H20F11NO. The quantitative estimate of drug-likeness (QED) is 0.351. The van der Waals surface area contributed by atoms with E-state index in [0.717, 1.165) is 31.0 Å². The van der Waals surface area contributed by atoms with Crippen LogP contribution < -0.4 is 5.32 Å². The van der Waals surface area contributed by atoms with E-state index in [1.165, 1.54) is 0 Å². The molecule has 0 aromatic carbocycles. The molecule has 0 aliphatic heterocycles. The van der Waals surface area contributed by atoms with Gasteiger partial charge in [-0.1, -0.05) is 45.4 Å². The Balaban J connectivity index is 3.01. The number of carbonyl (C=O) groups excluding carboxylic acids is 1. The van der Waals surface area contributed by atoms with E-state index in [0.29, 0.717) is 12.8 Å². The smallest absolute Gasteiger partial charge is 0.353 e. The third-order valence-electron chi connectivity index (χ3n) is 4.82. The lowest BCUT2D eigenvalue weighted by molar-refractivity contribution is -0.476. The van der Waals surface area contributed by atoms with Crippen LogP contribution in [0.25, 0.3) is 0 Å². The maximum atomic E-state index is 14.4. The van der Waals surface area contributed by atoms with E-state index in [9.17, 15) is 53.1 Å². The molecule has 1 N–H and O–H groups in total. The fourth-order valence-electron chi connectivity index (χ4n) is 2.91. The molecule has 1 aliphatic rings. The normalized spacial score (nSPS) is 25.4. The van der Waals surface area contributed by atoms with Crippen molar-refractivity contribution in [3.63, 3.8) is 0 Å². The van der Waals surface area contributed by atoms with Crippen molar-refractivity contribution in [1.82, 2.24) is 5.32 Å². The van der Waals surface area contributed by atoms with Crippen molar-refractivity contribution in [2.45, 2.75) is 87.2 Å². The van der Waals surface area contributed by atoms with Gasteiger partial charge in [0, 0.05) is 6.54 Å². The number of nitrogens with one attached hydrogen (secondary N) is 1. The van der Waals surface area contributed by atoms with Crippen molar-refractivity contribution in [1.29, 1.82) is 0 Å². The molecule has 29 heavy (non-hydrogen) atoms. The van der Waals surface area contributed by atoms with Gasteiger partial charge in [-0.3, -0.25) is 4.79 Å². The number of halogens is 11. The average molecular weight is 451 g/mol. The molecular weight excluding hydrogens is 431 g/mol. The SMILES string of the molecule is CCCCCCCCCNC(=O)C1(F)C(F)(F)C(F)(F)C(F)(F)C(F)(F)C1(F)F. The van der Waals surface area contributed by atoms with Crippen LogP contribution in [0.15, 0.2) is 0 Å². The van der Waals surface area contributed by atoms with Crippen molar-refractivity contribution in [2.24, 2.45) is 0 Å². The first-order valence-electron chi connectivity index (χ1n) is 8.84. The molecule has 1 amide bonds. The molecule has 1 aliphatic carbocycles. The van der Waals surface area contributed by atoms with Crippen LogP contribution in [0.1, 0.15) is 51.9 Å². The van der Waals surface area contributed by atoms with Crippen molar-refractivity contribution >= 4 is 5.91 Å². The summed E-state index contributed by atoms with van der Waals surface area (Å²) in [5.41, 5.74) is -6.60. The topological polar surface area (TPSA) is 29.1 Å². The van der Waals surface area contributed by atoms with E-state index in [4.69, 9.17) is 0 Å². The number of rotatable bonds is 9. The highest BCUT2D eigenvalue weighted by molar-refractivity contribution is 5.88. The maximum absolute atomic E-state index is 14.4. The van der Waals surface area contributed by atoms with E-state index in [-0.39, 0.29) is 6.42 Å². The number of alkyl halides is 11. The lowest BCUT2D eigenvalue weighted by atomic mass is 9.71. The average Bonchev–Trinajstić information content (AvgIpc) is 2.61. The van der Waals surface area contributed by atoms with E-state index >= 15 is 0 Å². The maximum Gasteiger partial charge on any atom is 0.384 e. The Bertz CT molecular complexity index is 561. The minimum atomic E-state index is -7.32. The van der Waals surface area contributed by atoms with Crippen LogP contribution in [0.5, 0.6) is 0 Å². The van der Waals surface area contributed by atoms with Crippen LogP contribution in [0.3, 0.4) is 0 Å². The van der Waals surface area contributed by atoms with Gasteiger partial charge in [0.25, 0.3) is 5.91 Å². The Morgan fingerprint density at radius 1 is 0.586 bits per heavy atom. The van der Waals surface area contributed by atoms with E-state index < -0.39 is 47.7 Å². The Hall–Kier alpha value is -1.30. The third kappa shape index (κ3) is 3.45. The molecule has 0 saturated heterocycles. The zero-order chi connectivity index (χ0) is 22.9. The Morgan fingerprint density at radius 2 is 0.931 bits per heavy atom. The lowest BCUT2D eigenvalue weighted by Gasteiger charge is -2.51. The van der Waals surface area contributed by atoms with Gasteiger partial charge in [-0.2, -0.15) is 43.9 Å². The summed E-state index contributed by atoms with van der Waals surface area (Å²) in [5.74, 6) is -39.3. The molecule has 0 heterocycles. The fourth-order valence-corrected chi connectivity index (χ4v) is 2.91. The van der Waals surface area contributed by atoms with Gasteiger partial charge in [-0.15, -0.1) is 0 Å². The van der Waals surface area contributed by atoms with Crippen LogP contribution in [-0.4, -0.2) is 47.7 Å². The second kappa shape index (κ2) is 8.09. The number of carbonyl (C=O) groups is 1. The Kier molecular flexibility index (Phi) is 7.18. The summed E-state index contributed by atoms with van der Waals surface area (Å²) in [6, 6.07) is 0. The summed E-state index contributed by atoms with van der Waals surface area (Å²) in [7, 11) is 0. The summed E-state index contributed by atoms with van der Waals surface area (Å²) >= 11 is 0. The number of unbranched alkanes of at least 4 members (excludes halogenated alkanes) is 6. The number of hydrogen-bond donors (Lipinski definition) is 1. The van der Waals surface area contributed by atoms with Gasteiger partial charge < -0.3 is 5.32 Å². The first kappa shape index (κ1) is 25.7. The van der Waals surface area contributed by atoms with E-state index in [2.05, 4.69) is 0 Å². The van der Waals surface area contributed by atoms with E-state index in [1.54, 1.807) is 0 Å². The molecule has 0 spiro atoms. The molecule has 1 saturated carbocycles. The third-order valence-corrected chi connectivity index (χ3v) is 4.82. The first-order valence-corrected chi connectivity index (χ1v) is 8.84. The van der Waals surface area contributed by atoms with Gasteiger partial charge in [0.2, 0.25) is 0 Å². The van der Waals surface area contributed by atoms with Crippen LogP contribution in [0, 0.1) is 0 Å². The first-order chi connectivity index (χ1) is 13.0. The standard InChI is InChI=1S/C16H20F11NO/c1-2-3-4-5-6-7-8-9-28-10(29)11(17)12(18,19)14(22,23)16(26,27)15(24,25)13(11,20)21/h2-9H2,1H3,(H,28,29). The van der Waals surface area contributed by atoms with Crippen molar-refractivity contribution in [3.05, 3.63) is 0 Å². The van der Waals surface area contributed by atoms with E-state index in [1.807, 2.05) is 6.92 Å². The van der Waals surface area contributed by atoms with Gasteiger partial charge in [0.1, 0.15) is 0 Å². The van der Waals surface area contributed by atoms with Crippen molar-refractivity contribution in [2.75, 3.05) is 6.54 Å². The van der Waals surface area contributed by atoms with Crippen LogP contribution in [0.4, 0.5) is 48.3 Å². The number of amides is 1. The summed E-state index contributed by atoms with van der Waals surface area (Å²) in [5, 5.41) is 1.12. The molecule has 0 radical (unpaired) electrons. The van der Waals surface area contributed by atoms with Crippen LogP contribution >= 0.6 is 0 Å². The highest BCUT2D eigenvalue weighted by Crippen LogP contribution is 2.69. The molecule has 0 aromatic rings. The van der Waals surface area contributed by atoms with Crippen molar-refractivity contribution < 1.29 is 53.1 Å². The van der Waals surface area contributed by atoms with Crippen LogP contribution in [0.2, 0.25) is 0 Å². The van der Waals surface area contributed by atoms with Crippen molar-refractivity contribution in [3.8, 4) is 0 Å². The van der Waals surface area contributed by atoms with Gasteiger partial charge in [0.15, 0.2) is 0 Å². The summed E-state index contributed by atoms with van der Waals surface area (Å²) in [4.78, 5) is 11.6. The molecule has 2 nitrogen and oxygen atoms in total. The lowest BCUT2D eigenvalue weighted by Crippen LogP contribution is -2.86. The predicted molar refractivity (Wildman–Crippen MR) is 79.6 cm³/mol. The zero-order valence-electron chi connectivity index (χ0n) is 15.2. The molecule has 13 heteroatoms. The van der Waals surface area contributed by atoms with Gasteiger partial charge in [-0.05, 0) is 6.42 Å². The number of hydrogen-bond acceptors (Lipinski definition) is 1. The van der Waals surface area contributed by atoms with Gasteiger partial charge in [-0.25, -0.2) is 4.39 Å². The Morgan fingerprint density at radius 3 is 1.34 bits per heavy atom. The van der Waals surface area contributed by atoms with Gasteiger partial charge >= 0.3 is 35.3 Å². The molecule has 172 valence electrons. The molecule has 0 unspecified atom stereocenters. The largest absolute Gasteiger partial charge is 0.384 e. The minimum Gasteiger partial charge on any atom is -0.353 e. The summed E-state index contributed by atoms with van der Waals surface area (Å²) < 4.78 is 149. The molecule has 1 fully saturated rings. The highest BCUT2D eigenvalue weighted by atomic mass is 19.4. The van der Waals surface area contributed by atoms with Crippen LogP contribution in [-0.2, 0) is 4.79 Å². The second-order valence-corrected chi connectivity index (χ2v) is 6.91. The zero-order valence-corrected chi connectivity index (χ0v) is 15.2. The molecule has 0 aromatic heterocycles. The van der Waals surface area contributed by atoms with Gasteiger partial charge in [0.05, 0.1) is 0 Å². The molecule has 1 rings (SSSR count). The monoisotopic (exact) mass is 451 g/mol. The Labute approximate surface area is 159 Å². The minimum absolute atomic E-state index is 0.0893. The highest BCUT2D eigenvalue weighted by Gasteiger charge is 3.02. The summed E-state index contributed by atoms with van der Waals surface area (Å²) in [6.45, 7) is 1.17. The molecule has 0 atom stereocenters. The fraction of sp³-hybridized carbons (Fsp3) is 0.938. The summed E-state index contributed by atoms with van der Waals surface area (Å²) in [6.07, 6.45) is 4.23. The second-order valence-electron chi connectivity index (χ2n) is 6.91.